The maximum absolute atomic E-state index is 4.45. The first-order valence-corrected chi connectivity index (χ1v) is 6.35. The van der Waals surface area contributed by atoms with Gasteiger partial charge in [0.25, 0.3) is 0 Å². The van der Waals surface area contributed by atoms with Gasteiger partial charge in [-0.05, 0) is 18.5 Å². The highest BCUT2D eigenvalue weighted by atomic mass is 32.1. The van der Waals surface area contributed by atoms with Crippen molar-refractivity contribution in [1.82, 2.24) is 30.1 Å². The molecule has 3 heterocycles. The Balaban J connectivity index is 1.80. The van der Waals surface area contributed by atoms with Crippen molar-refractivity contribution in [1.29, 1.82) is 0 Å². The van der Waals surface area contributed by atoms with Crippen LogP contribution in [0, 0.1) is 0 Å². The fraction of sp³-hybridized carbons (Fsp3) is 0.556. The molecule has 2 N–H and O–H groups in total. The van der Waals surface area contributed by atoms with Crippen molar-refractivity contribution in [3.63, 3.8) is 0 Å². The quantitative estimate of drug-likeness (QED) is 0.789. The van der Waals surface area contributed by atoms with Crippen LogP contribution in [0.1, 0.15) is 6.92 Å². The molecule has 0 spiro atoms. The Labute approximate surface area is 102 Å². The molecule has 90 valence electrons. The van der Waals surface area contributed by atoms with Crippen LogP contribution < -0.4 is 10.2 Å². The SMILES string of the molecule is CC1CN(c2n[nH]c(-c3csnn3)n2)CCN1. The Morgan fingerprint density at radius 3 is 3.24 bits per heavy atom. The standard InChI is InChI=1S/C9H13N7S/c1-6-4-16(3-2-10-6)9-11-8(13-14-9)7-5-17-15-12-7/h5-6,10H,2-4H2,1H3,(H,11,13,14). The molecule has 1 unspecified atom stereocenters. The average molecular weight is 251 g/mol. The molecule has 1 saturated heterocycles. The lowest BCUT2D eigenvalue weighted by atomic mass is 10.2. The second-order valence-corrected chi connectivity index (χ2v) is 4.69. The first kappa shape index (κ1) is 10.6. The normalized spacial score (nSPS) is 20.8. The van der Waals surface area contributed by atoms with Crippen LogP contribution in [0.4, 0.5) is 5.95 Å². The Morgan fingerprint density at radius 1 is 1.53 bits per heavy atom. The van der Waals surface area contributed by atoms with Crippen LogP contribution in [-0.2, 0) is 0 Å². The fourth-order valence-electron chi connectivity index (χ4n) is 1.89. The second kappa shape index (κ2) is 4.38. The van der Waals surface area contributed by atoms with Gasteiger partial charge in [-0.1, -0.05) is 4.49 Å². The van der Waals surface area contributed by atoms with E-state index in [4.69, 9.17) is 0 Å². The summed E-state index contributed by atoms with van der Waals surface area (Å²) in [5, 5.41) is 16.3. The van der Waals surface area contributed by atoms with E-state index in [1.54, 1.807) is 0 Å². The zero-order chi connectivity index (χ0) is 11.7. The molecule has 2 aromatic rings. The lowest BCUT2D eigenvalue weighted by Gasteiger charge is -2.30. The Hall–Kier alpha value is -1.54. The van der Waals surface area contributed by atoms with Crippen LogP contribution in [0.25, 0.3) is 11.5 Å². The molecule has 0 saturated carbocycles. The highest BCUT2D eigenvalue weighted by Crippen LogP contribution is 2.16. The van der Waals surface area contributed by atoms with Gasteiger partial charge in [-0.15, -0.1) is 10.2 Å². The molecule has 8 heteroatoms. The van der Waals surface area contributed by atoms with Crippen LogP contribution >= 0.6 is 11.5 Å². The van der Waals surface area contributed by atoms with Crippen LogP contribution in [0.3, 0.4) is 0 Å². The third kappa shape index (κ3) is 2.13. The van der Waals surface area contributed by atoms with E-state index in [1.165, 1.54) is 11.5 Å². The zero-order valence-electron chi connectivity index (χ0n) is 9.42. The number of anilines is 1. The van der Waals surface area contributed by atoms with Crippen LogP contribution in [-0.4, -0.2) is 50.4 Å². The highest BCUT2D eigenvalue weighted by molar-refractivity contribution is 7.03. The predicted octanol–water partition coefficient (Wildman–Crippen LogP) is 0.121. The smallest absolute Gasteiger partial charge is 0.245 e. The van der Waals surface area contributed by atoms with Gasteiger partial charge < -0.3 is 10.2 Å². The topological polar surface area (TPSA) is 82.6 Å². The third-order valence-electron chi connectivity index (χ3n) is 2.73. The maximum Gasteiger partial charge on any atom is 0.245 e. The molecule has 1 atom stereocenters. The molecular formula is C9H13N7S. The lowest BCUT2D eigenvalue weighted by molar-refractivity contribution is 0.480. The molecule has 1 aliphatic heterocycles. The van der Waals surface area contributed by atoms with Gasteiger partial charge in [0, 0.05) is 31.1 Å². The minimum atomic E-state index is 0.464. The molecule has 0 amide bonds. The predicted molar refractivity (Wildman–Crippen MR) is 65.0 cm³/mol. The van der Waals surface area contributed by atoms with Gasteiger partial charge in [0.05, 0.1) is 0 Å². The molecule has 0 bridgehead atoms. The summed E-state index contributed by atoms with van der Waals surface area (Å²) in [7, 11) is 0. The van der Waals surface area contributed by atoms with Crippen molar-refractivity contribution in [3.05, 3.63) is 5.38 Å². The lowest BCUT2D eigenvalue weighted by Crippen LogP contribution is -2.49. The summed E-state index contributed by atoms with van der Waals surface area (Å²) in [5.74, 6) is 1.42. The summed E-state index contributed by atoms with van der Waals surface area (Å²) in [4.78, 5) is 6.61. The average Bonchev–Trinajstić information content (AvgIpc) is 3.00. The van der Waals surface area contributed by atoms with E-state index in [0.717, 1.165) is 31.3 Å². The monoisotopic (exact) mass is 251 g/mol. The Bertz CT molecular complexity index is 479. The van der Waals surface area contributed by atoms with Crippen molar-refractivity contribution in [3.8, 4) is 11.5 Å². The molecular weight excluding hydrogens is 238 g/mol. The van der Waals surface area contributed by atoms with Crippen molar-refractivity contribution in [2.75, 3.05) is 24.5 Å². The van der Waals surface area contributed by atoms with E-state index in [9.17, 15) is 0 Å². The molecule has 0 aliphatic carbocycles. The number of aromatic nitrogens is 5. The molecule has 2 aromatic heterocycles. The maximum atomic E-state index is 4.45. The van der Waals surface area contributed by atoms with E-state index < -0.39 is 0 Å². The first-order chi connectivity index (χ1) is 8.33. The minimum absolute atomic E-state index is 0.464. The van der Waals surface area contributed by atoms with Crippen molar-refractivity contribution < 1.29 is 0 Å². The van der Waals surface area contributed by atoms with E-state index in [-0.39, 0.29) is 0 Å². The summed E-state index contributed by atoms with van der Waals surface area (Å²) in [6.45, 7) is 4.97. The van der Waals surface area contributed by atoms with E-state index >= 15 is 0 Å². The number of aromatic amines is 1. The summed E-state index contributed by atoms with van der Waals surface area (Å²) < 4.78 is 3.81. The van der Waals surface area contributed by atoms with Gasteiger partial charge in [0.15, 0.2) is 5.82 Å². The van der Waals surface area contributed by atoms with E-state index in [1.807, 2.05) is 5.38 Å². The summed E-state index contributed by atoms with van der Waals surface area (Å²) in [5.41, 5.74) is 0.747. The van der Waals surface area contributed by atoms with Gasteiger partial charge in [0.1, 0.15) is 5.69 Å². The minimum Gasteiger partial charge on any atom is -0.337 e. The highest BCUT2D eigenvalue weighted by Gasteiger charge is 2.19. The number of piperazine rings is 1. The Morgan fingerprint density at radius 2 is 2.47 bits per heavy atom. The molecule has 0 radical (unpaired) electrons. The number of rotatable bonds is 2. The van der Waals surface area contributed by atoms with Gasteiger partial charge in [0.2, 0.25) is 5.95 Å². The number of hydrogen-bond donors (Lipinski definition) is 2. The molecule has 7 nitrogen and oxygen atoms in total. The van der Waals surface area contributed by atoms with Crippen LogP contribution in [0.5, 0.6) is 0 Å². The van der Waals surface area contributed by atoms with Crippen LogP contribution in [0.2, 0.25) is 0 Å². The number of hydrogen-bond acceptors (Lipinski definition) is 7. The number of nitrogens with one attached hydrogen (secondary N) is 2. The van der Waals surface area contributed by atoms with Crippen molar-refractivity contribution in [2.45, 2.75) is 13.0 Å². The van der Waals surface area contributed by atoms with Gasteiger partial charge in [-0.25, -0.2) is 0 Å². The largest absolute Gasteiger partial charge is 0.337 e. The molecule has 1 aliphatic rings. The van der Waals surface area contributed by atoms with Crippen molar-refractivity contribution in [2.24, 2.45) is 0 Å². The summed E-state index contributed by atoms with van der Waals surface area (Å²) >= 11 is 1.31. The van der Waals surface area contributed by atoms with Gasteiger partial charge in [-0.3, -0.25) is 5.10 Å². The fourth-order valence-corrected chi connectivity index (χ4v) is 2.33. The molecule has 0 aromatic carbocycles. The first-order valence-electron chi connectivity index (χ1n) is 5.51. The number of nitrogens with zero attached hydrogens (tertiary/aromatic N) is 5. The van der Waals surface area contributed by atoms with E-state index in [0.29, 0.717) is 11.9 Å². The summed E-state index contributed by atoms with van der Waals surface area (Å²) in [6.07, 6.45) is 0. The Kier molecular flexibility index (Phi) is 2.73. The molecule has 1 fully saturated rings. The molecule has 3 rings (SSSR count). The zero-order valence-corrected chi connectivity index (χ0v) is 10.2. The summed E-state index contributed by atoms with van der Waals surface area (Å²) in [6, 6.07) is 0.464. The number of H-pyrrole nitrogens is 1. The second-order valence-electron chi connectivity index (χ2n) is 4.08. The van der Waals surface area contributed by atoms with E-state index in [2.05, 4.69) is 41.9 Å². The van der Waals surface area contributed by atoms with Crippen molar-refractivity contribution >= 4 is 17.5 Å². The van der Waals surface area contributed by atoms with Crippen LogP contribution in [0.15, 0.2) is 5.38 Å². The molecule has 17 heavy (non-hydrogen) atoms. The van der Waals surface area contributed by atoms with Gasteiger partial charge >= 0.3 is 0 Å². The third-order valence-corrected chi connectivity index (χ3v) is 3.23. The van der Waals surface area contributed by atoms with Gasteiger partial charge in [-0.2, -0.15) is 4.98 Å².